The van der Waals surface area contributed by atoms with Gasteiger partial charge in [-0.05, 0) is 37.0 Å². The highest BCUT2D eigenvalue weighted by molar-refractivity contribution is 7.80. The van der Waals surface area contributed by atoms with Crippen LogP contribution in [0.15, 0.2) is 35.6 Å². The van der Waals surface area contributed by atoms with E-state index in [-0.39, 0.29) is 0 Å². The van der Waals surface area contributed by atoms with Crippen LogP contribution < -0.4 is 10.7 Å². The minimum Gasteiger partial charge on any atom is -0.358 e. The standard InChI is InChI=1S/C20H25N5S/c1-15-7-2-4-9-18(15)23-20(26)24-22-13-16-14-25(12-6-11-21)19-10-5-3-8-17(16)19/h3,5,8,10,13-15,18H,2,4,6-7,9,12H2,1H3,(H2,23,24,26)/b22-13-/t15-,18+/m1/s1. The molecule has 2 atom stereocenters. The van der Waals surface area contributed by atoms with E-state index in [1.807, 2.05) is 18.3 Å². The van der Waals surface area contributed by atoms with Gasteiger partial charge in [-0.25, -0.2) is 0 Å². The molecule has 1 heterocycles. The number of fused-ring (bicyclic) bond motifs is 1. The average Bonchev–Trinajstić information content (AvgIpc) is 3.00. The van der Waals surface area contributed by atoms with Crippen LogP contribution in [-0.4, -0.2) is 21.9 Å². The molecule has 26 heavy (non-hydrogen) atoms. The Morgan fingerprint density at radius 3 is 3.00 bits per heavy atom. The molecule has 3 rings (SSSR count). The van der Waals surface area contributed by atoms with Crippen LogP contribution in [0.4, 0.5) is 0 Å². The fourth-order valence-corrected chi connectivity index (χ4v) is 3.83. The van der Waals surface area contributed by atoms with Gasteiger partial charge < -0.3 is 9.88 Å². The van der Waals surface area contributed by atoms with Gasteiger partial charge in [0.25, 0.3) is 0 Å². The summed E-state index contributed by atoms with van der Waals surface area (Å²) in [7, 11) is 0. The molecule has 1 aromatic heterocycles. The Labute approximate surface area is 160 Å². The van der Waals surface area contributed by atoms with Gasteiger partial charge in [-0.2, -0.15) is 10.4 Å². The van der Waals surface area contributed by atoms with Crippen LogP contribution in [0.25, 0.3) is 10.9 Å². The summed E-state index contributed by atoms with van der Waals surface area (Å²) in [6, 6.07) is 10.8. The van der Waals surface area contributed by atoms with Crippen molar-refractivity contribution in [2.24, 2.45) is 11.0 Å². The van der Waals surface area contributed by atoms with E-state index in [0.29, 0.717) is 30.0 Å². The molecule has 5 nitrogen and oxygen atoms in total. The van der Waals surface area contributed by atoms with Crippen molar-refractivity contribution >= 4 is 34.4 Å². The van der Waals surface area contributed by atoms with E-state index in [2.05, 4.69) is 45.5 Å². The van der Waals surface area contributed by atoms with Gasteiger partial charge in [0.2, 0.25) is 0 Å². The molecule has 2 N–H and O–H groups in total. The Morgan fingerprint density at radius 1 is 1.38 bits per heavy atom. The maximum absolute atomic E-state index is 8.84. The zero-order valence-corrected chi connectivity index (χ0v) is 15.9. The minimum absolute atomic E-state index is 0.437. The molecule has 0 aliphatic heterocycles. The van der Waals surface area contributed by atoms with Crippen LogP contribution in [0.1, 0.15) is 44.6 Å². The van der Waals surface area contributed by atoms with Gasteiger partial charge in [0.15, 0.2) is 5.11 Å². The highest BCUT2D eigenvalue weighted by Crippen LogP contribution is 2.23. The van der Waals surface area contributed by atoms with Crippen molar-refractivity contribution in [3.63, 3.8) is 0 Å². The molecule has 6 heteroatoms. The van der Waals surface area contributed by atoms with Crippen molar-refractivity contribution in [3.8, 4) is 6.07 Å². The van der Waals surface area contributed by atoms with Crippen LogP contribution in [-0.2, 0) is 6.54 Å². The number of hydrogen-bond donors (Lipinski definition) is 2. The SMILES string of the molecule is C[C@@H]1CCCC[C@@H]1NC(=S)N/N=C\c1cn(CCC#N)c2ccccc12. The largest absolute Gasteiger partial charge is 0.358 e. The molecule has 136 valence electrons. The molecule has 2 aromatic rings. The molecule has 0 amide bonds. The van der Waals surface area contributed by atoms with Crippen molar-refractivity contribution in [3.05, 3.63) is 36.0 Å². The van der Waals surface area contributed by atoms with E-state index in [9.17, 15) is 0 Å². The van der Waals surface area contributed by atoms with Crippen molar-refractivity contribution < 1.29 is 0 Å². The predicted molar refractivity (Wildman–Crippen MR) is 110 cm³/mol. The predicted octanol–water partition coefficient (Wildman–Crippen LogP) is 3.93. The van der Waals surface area contributed by atoms with Gasteiger partial charge >= 0.3 is 0 Å². The summed E-state index contributed by atoms with van der Waals surface area (Å²) in [5.41, 5.74) is 5.07. The topological polar surface area (TPSA) is 65.1 Å². The fourth-order valence-electron chi connectivity index (χ4n) is 3.63. The molecule has 0 spiro atoms. The van der Waals surface area contributed by atoms with E-state index >= 15 is 0 Å². The molecule has 1 aliphatic carbocycles. The number of thiocarbonyl (C=S) groups is 1. The summed E-state index contributed by atoms with van der Waals surface area (Å²) < 4.78 is 2.10. The molecule has 0 radical (unpaired) electrons. The molecule has 0 bridgehead atoms. The summed E-state index contributed by atoms with van der Waals surface area (Å²) in [6.45, 7) is 2.95. The number of para-hydroxylation sites is 1. The number of aromatic nitrogens is 1. The summed E-state index contributed by atoms with van der Waals surface area (Å²) in [6.07, 6.45) is 9.31. The molecular weight excluding hydrogens is 342 g/mol. The molecule has 0 unspecified atom stereocenters. The van der Waals surface area contributed by atoms with Gasteiger partial charge in [-0.1, -0.05) is 38.0 Å². The Hall–Kier alpha value is -2.39. The average molecular weight is 368 g/mol. The fraction of sp³-hybridized carbons (Fsp3) is 0.450. The molecule has 1 fully saturated rings. The lowest BCUT2D eigenvalue weighted by atomic mass is 9.86. The lowest BCUT2D eigenvalue weighted by molar-refractivity contribution is 0.308. The number of rotatable bonds is 5. The van der Waals surface area contributed by atoms with Crippen LogP contribution >= 0.6 is 12.2 Å². The van der Waals surface area contributed by atoms with Gasteiger partial charge in [0, 0.05) is 35.2 Å². The maximum atomic E-state index is 8.84. The second-order valence-corrected chi connectivity index (χ2v) is 7.32. The second-order valence-electron chi connectivity index (χ2n) is 6.91. The van der Waals surface area contributed by atoms with Crippen LogP contribution in [0.3, 0.4) is 0 Å². The monoisotopic (exact) mass is 367 g/mol. The third kappa shape index (κ3) is 4.41. The van der Waals surface area contributed by atoms with Gasteiger partial charge in [-0.15, -0.1) is 0 Å². The molecule has 1 aliphatic rings. The summed E-state index contributed by atoms with van der Waals surface area (Å²) in [5, 5.41) is 18.2. The first-order chi connectivity index (χ1) is 12.7. The third-order valence-electron chi connectivity index (χ3n) is 5.08. The third-order valence-corrected chi connectivity index (χ3v) is 5.29. The maximum Gasteiger partial charge on any atom is 0.187 e. The van der Waals surface area contributed by atoms with Crippen LogP contribution in [0, 0.1) is 17.2 Å². The zero-order valence-electron chi connectivity index (χ0n) is 15.1. The van der Waals surface area contributed by atoms with E-state index in [1.165, 1.54) is 25.7 Å². The number of benzene rings is 1. The Kier molecular flexibility index (Phi) is 6.24. The number of aryl methyl sites for hydroxylation is 1. The smallest absolute Gasteiger partial charge is 0.187 e. The lowest BCUT2D eigenvalue weighted by Gasteiger charge is -2.30. The van der Waals surface area contributed by atoms with Crippen molar-refractivity contribution in [2.45, 2.75) is 51.6 Å². The number of nitrogens with one attached hydrogen (secondary N) is 2. The van der Waals surface area contributed by atoms with Crippen molar-refractivity contribution in [1.29, 1.82) is 5.26 Å². The highest BCUT2D eigenvalue weighted by atomic mass is 32.1. The minimum atomic E-state index is 0.437. The molecule has 0 saturated heterocycles. The van der Waals surface area contributed by atoms with Crippen LogP contribution in [0.5, 0.6) is 0 Å². The van der Waals surface area contributed by atoms with Gasteiger partial charge in [0.1, 0.15) is 0 Å². The first-order valence-corrected chi connectivity index (χ1v) is 9.64. The van der Waals surface area contributed by atoms with Gasteiger partial charge in [-0.3, -0.25) is 5.43 Å². The molecular formula is C20H25N5S. The number of hydrazone groups is 1. The quantitative estimate of drug-likeness (QED) is 0.477. The Bertz CT molecular complexity index is 832. The van der Waals surface area contributed by atoms with E-state index in [0.717, 1.165) is 16.5 Å². The van der Waals surface area contributed by atoms with Gasteiger partial charge in [0.05, 0.1) is 18.7 Å². The number of hydrogen-bond acceptors (Lipinski definition) is 3. The number of nitriles is 1. The first kappa shape index (κ1) is 18.4. The first-order valence-electron chi connectivity index (χ1n) is 9.23. The Morgan fingerprint density at radius 2 is 2.19 bits per heavy atom. The van der Waals surface area contributed by atoms with Crippen molar-refractivity contribution in [2.75, 3.05) is 0 Å². The highest BCUT2D eigenvalue weighted by Gasteiger charge is 2.21. The van der Waals surface area contributed by atoms with Crippen LogP contribution in [0.2, 0.25) is 0 Å². The normalized spacial score (nSPS) is 20.2. The summed E-state index contributed by atoms with van der Waals surface area (Å²) in [4.78, 5) is 0. The second kappa shape index (κ2) is 8.81. The van der Waals surface area contributed by atoms with E-state index < -0.39 is 0 Å². The number of nitrogens with zero attached hydrogens (tertiary/aromatic N) is 3. The van der Waals surface area contributed by atoms with E-state index in [1.54, 1.807) is 6.21 Å². The zero-order chi connectivity index (χ0) is 18.4. The lowest BCUT2D eigenvalue weighted by Crippen LogP contribution is -2.44. The molecule has 1 saturated carbocycles. The molecule has 1 aromatic carbocycles. The summed E-state index contributed by atoms with van der Waals surface area (Å²) >= 11 is 5.38. The summed E-state index contributed by atoms with van der Waals surface area (Å²) in [5.74, 6) is 0.644. The van der Waals surface area contributed by atoms with Crippen molar-refractivity contribution in [1.82, 2.24) is 15.3 Å². The Balaban J connectivity index is 1.64. The van der Waals surface area contributed by atoms with E-state index in [4.69, 9.17) is 17.5 Å².